The minimum absolute atomic E-state index is 0.00512. The van der Waals surface area contributed by atoms with Crippen LogP contribution >= 0.6 is 11.5 Å². The van der Waals surface area contributed by atoms with Gasteiger partial charge in [-0.3, -0.25) is 4.79 Å². The van der Waals surface area contributed by atoms with Crippen molar-refractivity contribution in [3.8, 4) is 0 Å². The summed E-state index contributed by atoms with van der Waals surface area (Å²) in [6.07, 6.45) is 0.416. The molecule has 1 aliphatic rings. The van der Waals surface area contributed by atoms with Crippen molar-refractivity contribution < 1.29 is 14.3 Å². The van der Waals surface area contributed by atoms with E-state index in [1.807, 2.05) is 0 Å². The number of carbonyl (C=O) groups is 2. The summed E-state index contributed by atoms with van der Waals surface area (Å²) >= 11 is 1.22. The fraction of sp³-hybridized carbons (Fsp3) is 0.545. The molecule has 1 fully saturated rings. The van der Waals surface area contributed by atoms with E-state index < -0.39 is 0 Å². The van der Waals surface area contributed by atoms with Gasteiger partial charge >= 0.3 is 5.97 Å². The van der Waals surface area contributed by atoms with Crippen molar-refractivity contribution in [1.82, 2.24) is 9.69 Å². The zero-order valence-corrected chi connectivity index (χ0v) is 11.1. The smallest absolute Gasteiger partial charge is 0.343 e. The topological polar surface area (TPSA) is 80.3 Å². The minimum Gasteiger partial charge on any atom is -0.462 e. The van der Waals surface area contributed by atoms with Crippen molar-refractivity contribution in [2.75, 3.05) is 18.5 Å². The first kappa shape index (κ1) is 12.8. The Balaban J connectivity index is 2.13. The Hall–Kier alpha value is -1.63. The van der Waals surface area contributed by atoms with Crippen LogP contribution in [-0.4, -0.2) is 35.4 Å². The van der Waals surface area contributed by atoms with Gasteiger partial charge in [-0.25, -0.2) is 4.79 Å². The maximum atomic E-state index is 11.8. The standard InChI is InChI=1S/C11H15N3O3S/c1-3-17-11(16)9-6(2)14-18-10(9)13-7-4-8(15)12-5-7/h7,13H,3-5H2,1-2H3,(H,12,15). The first-order valence-electron chi connectivity index (χ1n) is 5.78. The van der Waals surface area contributed by atoms with Crippen LogP contribution in [0.2, 0.25) is 0 Å². The molecule has 2 N–H and O–H groups in total. The third-order valence-electron chi connectivity index (χ3n) is 2.65. The summed E-state index contributed by atoms with van der Waals surface area (Å²) in [5, 5.41) is 6.58. The van der Waals surface area contributed by atoms with E-state index in [9.17, 15) is 9.59 Å². The zero-order chi connectivity index (χ0) is 13.1. The Morgan fingerprint density at radius 3 is 3.06 bits per heavy atom. The van der Waals surface area contributed by atoms with Crippen LogP contribution in [0.4, 0.5) is 5.00 Å². The number of anilines is 1. The molecule has 1 aromatic rings. The minimum atomic E-state index is -0.372. The largest absolute Gasteiger partial charge is 0.462 e. The van der Waals surface area contributed by atoms with Crippen molar-refractivity contribution in [3.05, 3.63) is 11.3 Å². The van der Waals surface area contributed by atoms with Crippen molar-refractivity contribution in [3.63, 3.8) is 0 Å². The average molecular weight is 269 g/mol. The predicted molar refractivity (Wildman–Crippen MR) is 67.8 cm³/mol. The highest BCUT2D eigenvalue weighted by atomic mass is 32.1. The highest BCUT2D eigenvalue weighted by molar-refractivity contribution is 7.10. The third kappa shape index (κ3) is 2.61. The molecule has 6 nitrogen and oxygen atoms in total. The van der Waals surface area contributed by atoms with Crippen LogP contribution < -0.4 is 10.6 Å². The summed E-state index contributed by atoms with van der Waals surface area (Å²) in [5.41, 5.74) is 1.12. The van der Waals surface area contributed by atoms with Crippen molar-refractivity contribution in [2.24, 2.45) is 0 Å². The van der Waals surface area contributed by atoms with Crippen LogP contribution in [0.5, 0.6) is 0 Å². The number of aryl methyl sites for hydroxylation is 1. The zero-order valence-electron chi connectivity index (χ0n) is 10.3. The second-order valence-electron chi connectivity index (χ2n) is 4.04. The van der Waals surface area contributed by atoms with Crippen LogP contribution in [0.3, 0.4) is 0 Å². The number of nitrogens with zero attached hydrogens (tertiary/aromatic N) is 1. The van der Waals surface area contributed by atoms with E-state index in [1.165, 1.54) is 11.5 Å². The van der Waals surface area contributed by atoms with Crippen molar-refractivity contribution in [1.29, 1.82) is 0 Å². The molecule has 2 rings (SSSR count). The summed E-state index contributed by atoms with van der Waals surface area (Å²) < 4.78 is 9.15. The molecule has 0 bridgehead atoms. The first-order valence-corrected chi connectivity index (χ1v) is 6.55. The van der Waals surface area contributed by atoms with Gasteiger partial charge in [-0.2, -0.15) is 4.37 Å². The van der Waals surface area contributed by atoms with Gasteiger partial charge in [-0.1, -0.05) is 0 Å². The molecule has 1 amide bonds. The number of carbonyl (C=O) groups excluding carboxylic acids is 2. The third-order valence-corrected chi connectivity index (χ3v) is 3.52. The van der Waals surface area contributed by atoms with Crippen molar-refractivity contribution >= 4 is 28.4 Å². The van der Waals surface area contributed by atoms with E-state index in [2.05, 4.69) is 15.0 Å². The second-order valence-corrected chi connectivity index (χ2v) is 4.82. The van der Waals surface area contributed by atoms with Crippen LogP contribution in [0.15, 0.2) is 0 Å². The molecule has 0 radical (unpaired) electrons. The Labute approximate surface area is 109 Å². The number of aromatic nitrogens is 1. The molecule has 98 valence electrons. The molecule has 1 unspecified atom stereocenters. The fourth-order valence-electron chi connectivity index (χ4n) is 1.80. The van der Waals surface area contributed by atoms with Gasteiger partial charge in [0.25, 0.3) is 0 Å². The molecular weight excluding hydrogens is 254 g/mol. The van der Waals surface area contributed by atoms with Gasteiger partial charge in [0.1, 0.15) is 10.6 Å². The van der Waals surface area contributed by atoms with E-state index in [1.54, 1.807) is 13.8 Å². The molecule has 0 aromatic carbocycles. The Bertz CT molecular complexity index is 472. The molecule has 0 saturated carbocycles. The molecule has 7 heteroatoms. The molecule has 2 heterocycles. The molecule has 0 aliphatic carbocycles. The highest BCUT2D eigenvalue weighted by Gasteiger charge is 2.25. The normalized spacial score (nSPS) is 18.6. The summed E-state index contributed by atoms with van der Waals surface area (Å²) in [6, 6.07) is 0.00512. The lowest BCUT2D eigenvalue weighted by Crippen LogP contribution is -2.23. The predicted octanol–water partition coefficient (Wildman–Crippen LogP) is 0.929. The molecule has 1 saturated heterocycles. The van der Waals surface area contributed by atoms with E-state index in [0.29, 0.717) is 35.8 Å². The summed E-state index contributed by atoms with van der Waals surface area (Å²) in [5.74, 6) is -0.352. The number of esters is 1. The quantitative estimate of drug-likeness (QED) is 0.795. The number of ether oxygens (including phenoxy) is 1. The van der Waals surface area contributed by atoms with Crippen LogP contribution in [-0.2, 0) is 9.53 Å². The Kier molecular flexibility index (Phi) is 3.81. The molecule has 1 aromatic heterocycles. The number of amides is 1. The van der Waals surface area contributed by atoms with E-state index in [0.717, 1.165) is 0 Å². The van der Waals surface area contributed by atoms with Gasteiger partial charge in [0.05, 0.1) is 18.3 Å². The maximum absolute atomic E-state index is 11.8. The molecular formula is C11H15N3O3S. The average Bonchev–Trinajstić information content (AvgIpc) is 2.87. The van der Waals surface area contributed by atoms with Gasteiger partial charge in [0, 0.05) is 13.0 Å². The number of hydrogen-bond donors (Lipinski definition) is 2. The van der Waals surface area contributed by atoms with E-state index in [-0.39, 0.29) is 17.9 Å². The first-order chi connectivity index (χ1) is 8.61. The van der Waals surface area contributed by atoms with Gasteiger partial charge in [0.2, 0.25) is 5.91 Å². The monoisotopic (exact) mass is 269 g/mol. The van der Waals surface area contributed by atoms with Gasteiger partial charge in [-0.05, 0) is 25.4 Å². The van der Waals surface area contributed by atoms with Crippen molar-refractivity contribution in [2.45, 2.75) is 26.3 Å². The maximum Gasteiger partial charge on any atom is 0.343 e. The van der Waals surface area contributed by atoms with E-state index >= 15 is 0 Å². The lowest BCUT2D eigenvalue weighted by Gasteiger charge is -2.11. The van der Waals surface area contributed by atoms with Gasteiger partial charge < -0.3 is 15.4 Å². The second kappa shape index (κ2) is 5.34. The molecule has 18 heavy (non-hydrogen) atoms. The lowest BCUT2D eigenvalue weighted by atomic mass is 10.2. The van der Waals surface area contributed by atoms with Gasteiger partial charge in [0.15, 0.2) is 0 Å². The lowest BCUT2D eigenvalue weighted by molar-refractivity contribution is -0.119. The molecule has 1 aliphatic heterocycles. The fourth-order valence-corrected chi connectivity index (χ4v) is 2.67. The summed E-state index contributed by atoms with van der Waals surface area (Å²) in [6.45, 7) is 4.43. The number of hydrogen-bond acceptors (Lipinski definition) is 6. The molecule has 0 spiro atoms. The molecule has 1 atom stereocenters. The van der Waals surface area contributed by atoms with Crippen LogP contribution in [0.1, 0.15) is 29.4 Å². The van der Waals surface area contributed by atoms with Gasteiger partial charge in [-0.15, -0.1) is 0 Å². The van der Waals surface area contributed by atoms with Crippen LogP contribution in [0, 0.1) is 6.92 Å². The SMILES string of the molecule is CCOC(=O)c1c(C)nsc1NC1CNC(=O)C1. The Morgan fingerprint density at radius 1 is 1.67 bits per heavy atom. The summed E-state index contributed by atoms with van der Waals surface area (Å²) in [7, 11) is 0. The highest BCUT2D eigenvalue weighted by Crippen LogP contribution is 2.26. The van der Waals surface area contributed by atoms with E-state index in [4.69, 9.17) is 4.74 Å². The van der Waals surface area contributed by atoms with Crippen LogP contribution in [0.25, 0.3) is 0 Å². The Morgan fingerprint density at radius 2 is 2.44 bits per heavy atom. The number of nitrogens with one attached hydrogen (secondary N) is 2. The summed E-state index contributed by atoms with van der Waals surface area (Å²) in [4.78, 5) is 22.9. The number of rotatable bonds is 4.